The van der Waals surface area contributed by atoms with E-state index in [0.717, 1.165) is 0 Å². The van der Waals surface area contributed by atoms with E-state index in [1.165, 1.54) is 17.0 Å². The van der Waals surface area contributed by atoms with E-state index in [1.807, 2.05) is 0 Å². The van der Waals surface area contributed by atoms with Crippen molar-refractivity contribution in [3.63, 3.8) is 0 Å². The summed E-state index contributed by atoms with van der Waals surface area (Å²) in [6, 6.07) is 19.5. The lowest BCUT2D eigenvalue weighted by Gasteiger charge is -2.29. The molecule has 0 spiro atoms. The maximum Gasteiger partial charge on any atom is 0.277 e. The van der Waals surface area contributed by atoms with Crippen LogP contribution in [0.5, 0.6) is 0 Å². The molecule has 0 aromatic heterocycles. The van der Waals surface area contributed by atoms with Gasteiger partial charge in [-0.1, -0.05) is 48.0 Å². The molecule has 1 heterocycles. The highest BCUT2D eigenvalue weighted by atomic mass is 35.5. The number of nitrogens with zero attached hydrogens (tertiary/aromatic N) is 2. The van der Waals surface area contributed by atoms with Crippen LogP contribution in [0.15, 0.2) is 78.4 Å². The summed E-state index contributed by atoms with van der Waals surface area (Å²) in [5.74, 6) is -1.26. The molecule has 9 heteroatoms. The van der Waals surface area contributed by atoms with E-state index in [-0.39, 0.29) is 16.4 Å². The van der Waals surface area contributed by atoms with Crippen LogP contribution < -0.4 is 10.2 Å². The zero-order valence-corrected chi connectivity index (χ0v) is 17.9. The Balaban J connectivity index is 1.81. The van der Waals surface area contributed by atoms with Crippen LogP contribution in [-0.2, 0) is 9.59 Å². The van der Waals surface area contributed by atoms with Crippen LogP contribution in [-0.4, -0.2) is 21.9 Å². The van der Waals surface area contributed by atoms with E-state index in [2.05, 4.69) is 5.32 Å². The number of carbonyl (C=O) groups excluding carboxylic acids is 2. The highest BCUT2D eigenvalue weighted by Crippen LogP contribution is 2.33. The minimum absolute atomic E-state index is 0.0496. The zero-order chi connectivity index (χ0) is 22.8. The van der Waals surface area contributed by atoms with Crippen molar-refractivity contribution in [2.75, 3.05) is 4.90 Å². The Morgan fingerprint density at radius 2 is 1.56 bits per heavy atom. The quantitative estimate of drug-likeness (QED) is 0.198. The zero-order valence-electron chi connectivity index (χ0n) is 16.3. The van der Waals surface area contributed by atoms with Gasteiger partial charge in [-0.15, -0.1) is 0 Å². The van der Waals surface area contributed by atoms with Gasteiger partial charge in [0.1, 0.15) is 5.57 Å². The van der Waals surface area contributed by atoms with Gasteiger partial charge in [0.05, 0.1) is 16.2 Å². The van der Waals surface area contributed by atoms with Crippen molar-refractivity contribution in [2.45, 2.75) is 0 Å². The first kappa shape index (κ1) is 21.4. The van der Waals surface area contributed by atoms with Crippen LogP contribution in [0.25, 0.3) is 17.2 Å². The number of anilines is 1. The molecular weight excluding hydrogens is 450 g/mol. The average molecular weight is 464 g/mol. The van der Waals surface area contributed by atoms with Crippen molar-refractivity contribution in [3.8, 4) is 11.1 Å². The number of halogens is 1. The number of carbonyl (C=O) groups is 2. The fraction of sp³-hybridized carbons (Fsp3) is 0. The fourth-order valence-corrected chi connectivity index (χ4v) is 3.77. The molecule has 0 unspecified atom stereocenters. The summed E-state index contributed by atoms with van der Waals surface area (Å²) < 4.78 is 0. The maximum absolute atomic E-state index is 13.2. The van der Waals surface area contributed by atoms with Gasteiger partial charge in [-0.2, -0.15) is 0 Å². The lowest BCUT2D eigenvalue weighted by molar-refractivity contribution is -0.384. The topological polar surface area (TPSA) is 92.6 Å². The van der Waals surface area contributed by atoms with Crippen molar-refractivity contribution in [3.05, 3.63) is 99.1 Å². The Bertz CT molecular complexity index is 1300. The molecule has 32 heavy (non-hydrogen) atoms. The minimum Gasteiger partial charge on any atom is -0.298 e. The van der Waals surface area contributed by atoms with Gasteiger partial charge < -0.3 is 0 Å². The molecule has 1 N–H and O–H groups in total. The lowest BCUT2D eigenvalue weighted by atomic mass is 9.96. The molecule has 4 rings (SSSR count). The maximum atomic E-state index is 13.2. The number of benzene rings is 3. The van der Waals surface area contributed by atoms with Crippen molar-refractivity contribution in [1.29, 1.82) is 0 Å². The fourth-order valence-electron chi connectivity index (χ4n) is 3.37. The second kappa shape index (κ2) is 8.70. The van der Waals surface area contributed by atoms with E-state index in [4.69, 9.17) is 23.8 Å². The Hall–Kier alpha value is -3.88. The summed E-state index contributed by atoms with van der Waals surface area (Å²) in [4.78, 5) is 38.1. The molecule has 0 bridgehead atoms. The van der Waals surface area contributed by atoms with Gasteiger partial charge in [-0.25, -0.2) is 0 Å². The molecule has 158 valence electrons. The third-order valence-corrected chi connectivity index (χ3v) is 5.37. The molecule has 0 radical (unpaired) electrons. The first-order valence-electron chi connectivity index (χ1n) is 9.36. The number of thiocarbonyl (C=S) groups is 1. The van der Waals surface area contributed by atoms with Gasteiger partial charge in [0.15, 0.2) is 5.11 Å². The molecule has 0 aliphatic carbocycles. The average Bonchev–Trinajstić information content (AvgIpc) is 2.78. The van der Waals surface area contributed by atoms with E-state index in [1.54, 1.807) is 66.7 Å². The van der Waals surface area contributed by atoms with Crippen LogP contribution in [0, 0.1) is 10.1 Å². The standard InChI is InChI=1S/C23H14ClN3O4S/c24-15-9-11-16(12-10-15)26-22(29)19(21(28)25-23(26)32)13-14-5-1-2-6-17(14)18-7-3-4-8-20(18)27(30)31/h1-13H,(H,25,28,32)/b19-13-. The van der Waals surface area contributed by atoms with Crippen molar-refractivity contribution < 1.29 is 14.5 Å². The summed E-state index contributed by atoms with van der Waals surface area (Å²) in [5, 5.41) is 14.5. The highest BCUT2D eigenvalue weighted by Gasteiger charge is 2.34. The Morgan fingerprint density at radius 1 is 0.938 bits per heavy atom. The molecule has 1 fully saturated rings. The Labute approximate surface area is 193 Å². The van der Waals surface area contributed by atoms with Crippen LogP contribution in [0.4, 0.5) is 11.4 Å². The Morgan fingerprint density at radius 3 is 2.25 bits per heavy atom. The predicted molar refractivity (Wildman–Crippen MR) is 126 cm³/mol. The van der Waals surface area contributed by atoms with E-state index >= 15 is 0 Å². The number of amides is 2. The molecule has 1 aliphatic rings. The van der Waals surface area contributed by atoms with Crippen molar-refractivity contribution >= 4 is 58.2 Å². The SMILES string of the molecule is O=C1NC(=S)N(c2ccc(Cl)cc2)C(=O)/C1=C\c1ccccc1-c1ccccc1[N+](=O)[O-]. The van der Waals surface area contributed by atoms with Gasteiger partial charge in [0, 0.05) is 11.1 Å². The van der Waals surface area contributed by atoms with Crippen LogP contribution >= 0.6 is 23.8 Å². The van der Waals surface area contributed by atoms with Gasteiger partial charge in [-0.05, 0) is 59.8 Å². The third kappa shape index (κ3) is 4.01. The van der Waals surface area contributed by atoms with Crippen LogP contribution in [0.1, 0.15) is 5.56 Å². The molecule has 3 aromatic rings. The van der Waals surface area contributed by atoms with E-state index < -0.39 is 16.7 Å². The summed E-state index contributed by atoms with van der Waals surface area (Å²) in [7, 11) is 0. The highest BCUT2D eigenvalue weighted by molar-refractivity contribution is 7.80. The Kier molecular flexibility index (Phi) is 5.81. The van der Waals surface area contributed by atoms with Crippen LogP contribution in [0.2, 0.25) is 5.02 Å². The molecular formula is C23H14ClN3O4S. The summed E-state index contributed by atoms with van der Waals surface area (Å²) in [6.07, 6.45) is 1.41. The van der Waals surface area contributed by atoms with Crippen molar-refractivity contribution in [1.82, 2.24) is 5.32 Å². The van der Waals surface area contributed by atoms with Gasteiger partial charge >= 0.3 is 0 Å². The monoisotopic (exact) mass is 463 g/mol. The summed E-state index contributed by atoms with van der Waals surface area (Å²) >= 11 is 11.1. The molecule has 2 amide bonds. The second-order valence-corrected chi connectivity index (χ2v) is 7.62. The lowest BCUT2D eigenvalue weighted by Crippen LogP contribution is -2.54. The number of nitrogens with one attached hydrogen (secondary N) is 1. The first-order valence-corrected chi connectivity index (χ1v) is 10.2. The number of para-hydroxylation sites is 1. The first-order chi connectivity index (χ1) is 15.4. The third-order valence-electron chi connectivity index (χ3n) is 4.84. The smallest absolute Gasteiger partial charge is 0.277 e. The number of hydrogen-bond donors (Lipinski definition) is 1. The number of hydrogen-bond acceptors (Lipinski definition) is 5. The summed E-state index contributed by atoms with van der Waals surface area (Å²) in [5.41, 5.74) is 1.57. The number of nitro groups is 1. The molecule has 3 aromatic carbocycles. The predicted octanol–water partition coefficient (Wildman–Crippen LogP) is 4.75. The molecule has 1 aliphatic heterocycles. The van der Waals surface area contributed by atoms with Crippen LogP contribution in [0.3, 0.4) is 0 Å². The number of nitro benzene ring substituents is 1. The van der Waals surface area contributed by atoms with Gasteiger partial charge in [0.2, 0.25) is 0 Å². The minimum atomic E-state index is -0.650. The molecule has 7 nitrogen and oxygen atoms in total. The molecule has 0 saturated carbocycles. The van der Waals surface area contributed by atoms with E-state index in [0.29, 0.717) is 27.4 Å². The normalized spacial score (nSPS) is 15.1. The van der Waals surface area contributed by atoms with Gasteiger partial charge in [0.25, 0.3) is 17.5 Å². The largest absolute Gasteiger partial charge is 0.298 e. The summed E-state index contributed by atoms with van der Waals surface area (Å²) in [6.45, 7) is 0. The van der Waals surface area contributed by atoms with Crippen molar-refractivity contribution in [2.24, 2.45) is 0 Å². The van der Waals surface area contributed by atoms with E-state index in [9.17, 15) is 19.7 Å². The second-order valence-electron chi connectivity index (χ2n) is 6.80. The number of rotatable bonds is 4. The van der Waals surface area contributed by atoms with Gasteiger partial charge in [-0.3, -0.25) is 29.9 Å². The molecule has 1 saturated heterocycles. The molecule has 0 atom stereocenters.